The van der Waals surface area contributed by atoms with Crippen molar-refractivity contribution in [3.8, 4) is 5.75 Å². The van der Waals surface area contributed by atoms with Crippen molar-refractivity contribution in [1.82, 2.24) is 0 Å². The van der Waals surface area contributed by atoms with Gasteiger partial charge in [0.05, 0.1) is 0 Å². The van der Waals surface area contributed by atoms with E-state index in [0.29, 0.717) is 11.5 Å². The number of hydrogen-bond donors (Lipinski definition) is 0. The van der Waals surface area contributed by atoms with Crippen LogP contribution in [0.2, 0.25) is 0 Å². The van der Waals surface area contributed by atoms with Crippen LogP contribution in [0.15, 0.2) is 24.3 Å². The molecule has 0 saturated heterocycles. The Kier molecular flexibility index (Phi) is 7.79. The zero-order valence-electron chi connectivity index (χ0n) is 14.6. The minimum Gasteiger partial charge on any atom is -0.429 e. The van der Waals surface area contributed by atoms with Gasteiger partial charge < -0.3 is 4.74 Å². The lowest BCUT2D eigenvalue weighted by atomic mass is 9.77. The topological polar surface area (TPSA) is 9.23 Å². The summed E-state index contributed by atoms with van der Waals surface area (Å²) < 4.78 is 56.0. The molecule has 0 aromatic heterocycles. The first kappa shape index (κ1) is 19.8. The van der Waals surface area contributed by atoms with Crippen LogP contribution in [0, 0.1) is 17.6 Å². The lowest BCUT2D eigenvalue weighted by Gasteiger charge is -2.29. The monoisotopic (exact) mass is 358 g/mol. The summed E-state index contributed by atoms with van der Waals surface area (Å²) in [6.45, 7) is -1.08. The van der Waals surface area contributed by atoms with Gasteiger partial charge >= 0.3 is 6.61 Å². The number of allylic oxidation sites excluding steroid dienone is 2. The van der Waals surface area contributed by atoms with Crippen molar-refractivity contribution in [1.29, 1.82) is 0 Å². The number of alkyl halides is 2. The number of ether oxygens (including phenoxy) is 1. The number of unbranched alkanes of at least 4 members (excludes halogenated alkanes) is 1. The molecule has 1 aliphatic rings. The first-order valence-corrected chi connectivity index (χ1v) is 9.10. The summed E-state index contributed by atoms with van der Waals surface area (Å²) in [5, 5.41) is 0. The molecule has 0 aliphatic heterocycles. The summed E-state index contributed by atoms with van der Waals surface area (Å²) in [7, 11) is 0. The van der Waals surface area contributed by atoms with E-state index in [9.17, 15) is 17.6 Å². The minimum absolute atomic E-state index is 0.0801. The molecule has 5 heteroatoms. The fourth-order valence-corrected chi connectivity index (χ4v) is 3.54. The summed E-state index contributed by atoms with van der Waals surface area (Å²) in [6, 6.07) is 2.28. The fourth-order valence-electron chi connectivity index (χ4n) is 3.54. The Morgan fingerprint density at radius 1 is 1.04 bits per heavy atom. The van der Waals surface area contributed by atoms with Gasteiger partial charge in [0, 0.05) is 0 Å². The predicted molar refractivity (Wildman–Crippen MR) is 91.0 cm³/mol. The Bertz CT molecular complexity index is 540. The van der Waals surface area contributed by atoms with Crippen LogP contribution >= 0.6 is 0 Å². The molecular formula is C20H26F4O. The lowest BCUT2D eigenvalue weighted by Crippen LogP contribution is -2.14. The van der Waals surface area contributed by atoms with E-state index in [1.54, 1.807) is 0 Å². The standard InChI is InChI=1S/C20H26F4O/c1-2-3-4-5-6-7-14-8-10-15(11-9-14)16-12-17(21)19(18(22)13-16)25-20(23)24/h4-5,12-15,20H,2-3,6-11H2,1H3/b5-4+/t14-,15-. The third kappa shape index (κ3) is 6.05. The molecule has 1 aliphatic carbocycles. The van der Waals surface area contributed by atoms with E-state index in [0.717, 1.165) is 63.5 Å². The molecule has 1 fully saturated rings. The van der Waals surface area contributed by atoms with Gasteiger partial charge in [0.15, 0.2) is 17.4 Å². The van der Waals surface area contributed by atoms with Gasteiger partial charge in [-0.3, -0.25) is 0 Å². The zero-order valence-corrected chi connectivity index (χ0v) is 14.6. The Labute approximate surface area is 147 Å². The van der Waals surface area contributed by atoms with Crippen molar-refractivity contribution in [2.24, 2.45) is 5.92 Å². The maximum atomic E-state index is 13.9. The van der Waals surface area contributed by atoms with Gasteiger partial charge in [-0.1, -0.05) is 25.5 Å². The molecule has 0 bridgehead atoms. The molecule has 1 aromatic rings. The van der Waals surface area contributed by atoms with Crippen LogP contribution in [0.4, 0.5) is 17.6 Å². The van der Waals surface area contributed by atoms with E-state index in [2.05, 4.69) is 23.8 Å². The molecule has 0 amide bonds. The molecule has 0 heterocycles. The molecular weight excluding hydrogens is 332 g/mol. The normalized spacial score (nSPS) is 21.2. The van der Waals surface area contributed by atoms with Crippen LogP contribution in [-0.4, -0.2) is 6.61 Å². The minimum atomic E-state index is -3.24. The van der Waals surface area contributed by atoms with Crippen LogP contribution < -0.4 is 4.74 Å². The summed E-state index contributed by atoms with van der Waals surface area (Å²) >= 11 is 0. The molecule has 1 nitrogen and oxygen atoms in total. The number of rotatable bonds is 8. The van der Waals surface area contributed by atoms with Crippen molar-refractivity contribution in [2.75, 3.05) is 0 Å². The Morgan fingerprint density at radius 2 is 1.64 bits per heavy atom. The van der Waals surface area contributed by atoms with Crippen LogP contribution in [0.5, 0.6) is 5.75 Å². The largest absolute Gasteiger partial charge is 0.429 e. The highest BCUT2D eigenvalue weighted by Crippen LogP contribution is 2.39. The second kappa shape index (κ2) is 9.83. The van der Waals surface area contributed by atoms with Gasteiger partial charge in [0.1, 0.15) is 0 Å². The van der Waals surface area contributed by atoms with Crippen molar-refractivity contribution >= 4 is 0 Å². The molecule has 140 valence electrons. The van der Waals surface area contributed by atoms with E-state index in [4.69, 9.17) is 0 Å². The summed E-state index contributed by atoms with van der Waals surface area (Å²) in [4.78, 5) is 0. The van der Waals surface area contributed by atoms with Crippen molar-refractivity contribution in [3.63, 3.8) is 0 Å². The highest BCUT2D eigenvalue weighted by atomic mass is 19.3. The second-order valence-corrected chi connectivity index (χ2v) is 6.75. The van der Waals surface area contributed by atoms with Crippen LogP contribution in [0.1, 0.15) is 69.8 Å². The molecule has 0 unspecified atom stereocenters. The summed E-state index contributed by atoms with van der Waals surface area (Å²) in [5.74, 6) is -2.38. The van der Waals surface area contributed by atoms with Crippen molar-refractivity contribution in [3.05, 3.63) is 41.5 Å². The Morgan fingerprint density at radius 3 is 2.20 bits per heavy atom. The first-order valence-electron chi connectivity index (χ1n) is 9.10. The molecule has 0 radical (unpaired) electrons. The average Bonchev–Trinajstić information content (AvgIpc) is 2.58. The molecule has 0 spiro atoms. The van der Waals surface area contributed by atoms with Crippen LogP contribution in [-0.2, 0) is 0 Å². The first-order chi connectivity index (χ1) is 12.0. The van der Waals surface area contributed by atoms with E-state index in [1.807, 2.05) is 0 Å². The molecule has 25 heavy (non-hydrogen) atoms. The van der Waals surface area contributed by atoms with Gasteiger partial charge in [-0.25, -0.2) is 8.78 Å². The molecule has 1 saturated carbocycles. The lowest BCUT2D eigenvalue weighted by molar-refractivity contribution is -0.0546. The summed E-state index contributed by atoms with van der Waals surface area (Å²) in [5.41, 5.74) is 0.540. The van der Waals surface area contributed by atoms with E-state index < -0.39 is 24.0 Å². The smallest absolute Gasteiger partial charge is 0.387 e. The summed E-state index contributed by atoms with van der Waals surface area (Å²) in [6.07, 6.45) is 12.8. The van der Waals surface area contributed by atoms with E-state index >= 15 is 0 Å². The van der Waals surface area contributed by atoms with E-state index in [-0.39, 0.29) is 5.92 Å². The van der Waals surface area contributed by atoms with Gasteiger partial charge in [0.2, 0.25) is 0 Å². The third-order valence-electron chi connectivity index (χ3n) is 4.91. The Balaban J connectivity index is 1.88. The Hall–Kier alpha value is -1.52. The molecule has 0 atom stereocenters. The number of benzene rings is 1. The van der Waals surface area contributed by atoms with Crippen LogP contribution in [0.25, 0.3) is 0 Å². The number of hydrogen-bond acceptors (Lipinski definition) is 1. The van der Waals surface area contributed by atoms with Gasteiger partial charge in [-0.2, -0.15) is 8.78 Å². The number of halogens is 4. The van der Waals surface area contributed by atoms with Crippen LogP contribution in [0.3, 0.4) is 0 Å². The fraction of sp³-hybridized carbons (Fsp3) is 0.600. The molecule has 1 aromatic carbocycles. The van der Waals surface area contributed by atoms with Gasteiger partial charge in [0.25, 0.3) is 0 Å². The second-order valence-electron chi connectivity index (χ2n) is 6.75. The highest BCUT2D eigenvalue weighted by molar-refractivity contribution is 5.33. The van der Waals surface area contributed by atoms with Gasteiger partial charge in [-0.05, 0) is 74.5 Å². The van der Waals surface area contributed by atoms with Gasteiger partial charge in [-0.15, -0.1) is 0 Å². The third-order valence-corrected chi connectivity index (χ3v) is 4.91. The van der Waals surface area contributed by atoms with E-state index in [1.165, 1.54) is 0 Å². The van der Waals surface area contributed by atoms with Crippen molar-refractivity contribution in [2.45, 2.75) is 70.8 Å². The maximum absolute atomic E-state index is 13.9. The molecule has 0 N–H and O–H groups in total. The zero-order chi connectivity index (χ0) is 18.2. The van der Waals surface area contributed by atoms with Crippen molar-refractivity contribution < 1.29 is 22.3 Å². The molecule has 2 rings (SSSR count). The highest BCUT2D eigenvalue weighted by Gasteiger charge is 2.25. The average molecular weight is 358 g/mol. The predicted octanol–water partition coefficient (Wildman–Crippen LogP) is 6.98. The quantitative estimate of drug-likeness (QED) is 0.360. The SMILES string of the molecule is CCC/C=C/CC[C@H]1CC[C@H](c2cc(F)c(OC(F)F)c(F)c2)CC1. The maximum Gasteiger partial charge on any atom is 0.387 e.